The first kappa shape index (κ1) is 20.4. The molecule has 0 radical (unpaired) electrons. The molecular formula is C22H26F2N2O2. The first-order chi connectivity index (χ1) is 13.4. The second-order valence-corrected chi connectivity index (χ2v) is 7.43. The van der Waals surface area contributed by atoms with Gasteiger partial charge in [-0.1, -0.05) is 25.1 Å². The molecule has 0 bridgehead atoms. The van der Waals surface area contributed by atoms with Crippen molar-refractivity contribution in [3.05, 3.63) is 70.3 Å². The van der Waals surface area contributed by atoms with E-state index in [-0.39, 0.29) is 18.4 Å². The monoisotopic (exact) mass is 388 g/mol. The zero-order chi connectivity index (χ0) is 20.3. The summed E-state index contributed by atoms with van der Waals surface area (Å²) in [6, 6.07) is 8.69. The Hall–Kier alpha value is -2.31. The van der Waals surface area contributed by atoms with Gasteiger partial charge in [0.25, 0.3) is 0 Å². The van der Waals surface area contributed by atoms with E-state index in [0.29, 0.717) is 18.5 Å². The Morgan fingerprint density at radius 2 is 1.89 bits per heavy atom. The molecule has 3 atom stereocenters. The summed E-state index contributed by atoms with van der Waals surface area (Å²) in [5, 5.41) is 17.0. The summed E-state index contributed by atoms with van der Waals surface area (Å²) in [7, 11) is 0. The highest BCUT2D eigenvalue weighted by atomic mass is 19.1. The molecule has 4 nitrogen and oxygen atoms in total. The summed E-state index contributed by atoms with van der Waals surface area (Å²) in [6.07, 6.45) is 0.787. The van der Waals surface area contributed by atoms with E-state index in [1.807, 2.05) is 0 Å². The normalized spacial score (nSPS) is 18.2. The van der Waals surface area contributed by atoms with E-state index in [4.69, 9.17) is 0 Å². The van der Waals surface area contributed by atoms with E-state index in [0.717, 1.165) is 12.5 Å². The van der Waals surface area contributed by atoms with Crippen LogP contribution in [0.2, 0.25) is 0 Å². The maximum Gasteiger partial charge on any atom is 0.217 e. The van der Waals surface area contributed by atoms with Crippen LogP contribution in [0.3, 0.4) is 0 Å². The molecule has 1 heterocycles. The fourth-order valence-electron chi connectivity index (χ4n) is 3.83. The number of nitrogens with one attached hydrogen (secondary N) is 2. The van der Waals surface area contributed by atoms with Crippen molar-refractivity contribution < 1.29 is 18.7 Å². The van der Waals surface area contributed by atoms with Gasteiger partial charge in [-0.3, -0.25) is 4.79 Å². The minimum absolute atomic E-state index is 0.134. The predicted molar refractivity (Wildman–Crippen MR) is 104 cm³/mol. The Labute approximate surface area is 164 Å². The van der Waals surface area contributed by atoms with Crippen molar-refractivity contribution in [2.24, 2.45) is 0 Å². The van der Waals surface area contributed by atoms with Crippen LogP contribution in [0.5, 0.6) is 0 Å². The topological polar surface area (TPSA) is 61.4 Å². The van der Waals surface area contributed by atoms with Gasteiger partial charge in [0.15, 0.2) is 0 Å². The highest BCUT2D eigenvalue weighted by Gasteiger charge is 2.31. The number of amides is 1. The number of hydrogen-bond acceptors (Lipinski definition) is 3. The number of aliphatic hydroxyl groups is 1. The third-order valence-corrected chi connectivity index (χ3v) is 5.26. The average Bonchev–Trinajstić information content (AvgIpc) is 2.64. The van der Waals surface area contributed by atoms with Crippen molar-refractivity contribution >= 4 is 5.91 Å². The lowest BCUT2D eigenvalue weighted by atomic mass is 9.87. The SMILES string of the molecule is CCc1ccc2c(c1)CC(C(O)C(Cc1cc(F)cc(F)c1)NC(C)=O)NC2. The van der Waals surface area contributed by atoms with Crippen LogP contribution in [0.15, 0.2) is 36.4 Å². The van der Waals surface area contributed by atoms with Crippen molar-refractivity contribution in [3.63, 3.8) is 0 Å². The first-order valence-electron chi connectivity index (χ1n) is 9.60. The van der Waals surface area contributed by atoms with Gasteiger partial charge in [0.05, 0.1) is 12.1 Å². The van der Waals surface area contributed by atoms with Crippen LogP contribution in [0, 0.1) is 11.6 Å². The van der Waals surface area contributed by atoms with Gasteiger partial charge in [0.2, 0.25) is 5.91 Å². The Morgan fingerprint density at radius 1 is 1.18 bits per heavy atom. The van der Waals surface area contributed by atoms with E-state index < -0.39 is 23.8 Å². The van der Waals surface area contributed by atoms with Crippen LogP contribution in [0.25, 0.3) is 0 Å². The molecule has 6 heteroatoms. The van der Waals surface area contributed by atoms with E-state index >= 15 is 0 Å². The molecular weight excluding hydrogens is 362 g/mol. The number of aliphatic hydroxyl groups excluding tert-OH is 1. The molecule has 3 unspecified atom stereocenters. The van der Waals surface area contributed by atoms with Gasteiger partial charge in [-0.25, -0.2) is 8.78 Å². The smallest absolute Gasteiger partial charge is 0.217 e. The van der Waals surface area contributed by atoms with Crippen molar-refractivity contribution in [2.45, 2.75) is 57.8 Å². The van der Waals surface area contributed by atoms with Gasteiger partial charge < -0.3 is 15.7 Å². The summed E-state index contributed by atoms with van der Waals surface area (Å²) < 4.78 is 27.1. The first-order valence-corrected chi connectivity index (χ1v) is 9.60. The number of halogens is 2. The summed E-state index contributed by atoms with van der Waals surface area (Å²) >= 11 is 0. The number of carbonyl (C=O) groups is 1. The van der Waals surface area contributed by atoms with Crippen LogP contribution in [0.4, 0.5) is 8.78 Å². The fraction of sp³-hybridized carbons (Fsp3) is 0.409. The number of aryl methyl sites for hydroxylation is 1. The minimum atomic E-state index is -0.909. The van der Waals surface area contributed by atoms with Crippen LogP contribution in [-0.4, -0.2) is 29.2 Å². The van der Waals surface area contributed by atoms with Crippen molar-refractivity contribution in [3.8, 4) is 0 Å². The molecule has 0 saturated carbocycles. The summed E-state index contributed by atoms with van der Waals surface area (Å²) in [5.74, 6) is -1.66. The van der Waals surface area contributed by atoms with Crippen LogP contribution in [0.1, 0.15) is 36.1 Å². The third kappa shape index (κ3) is 4.94. The van der Waals surface area contributed by atoms with Gasteiger partial charge in [-0.2, -0.15) is 0 Å². The molecule has 150 valence electrons. The molecule has 28 heavy (non-hydrogen) atoms. The predicted octanol–water partition coefficient (Wildman–Crippen LogP) is 2.65. The number of benzene rings is 2. The molecule has 0 saturated heterocycles. The molecule has 1 amide bonds. The fourth-order valence-corrected chi connectivity index (χ4v) is 3.83. The summed E-state index contributed by atoms with van der Waals surface area (Å²) in [5.41, 5.74) is 4.01. The van der Waals surface area contributed by atoms with E-state index in [2.05, 4.69) is 35.8 Å². The van der Waals surface area contributed by atoms with Gasteiger partial charge in [-0.05, 0) is 53.6 Å². The van der Waals surface area contributed by atoms with E-state index in [9.17, 15) is 18.7 Å². The van der Waals surface area contributed by atoms with Gasteiger partial charge in [-0.15, -0.1) is 0 Å². The zero-order valence-corrected chi connectivity index (χ0v) is 16.1. The Kier molecular flexibility index (Phi) is 6.42. The Balaban J connectivity index is 1.79. The van der Waals surface area contributed by atoms with Gasteiger partial charge in [0, 0.05) is 25.6 Å². The average molecular weight is 388 g/mol. The number of carbonyl (C=O) groups excluding carboxylic acids is 1. The quantitative estimate of drug-likeness (QED) is 0.713. The second-order valence-electron chi connectivity index (χ2n) is 7.43. The molecule has 3 rings (SSSR count). The van der Waals surface area contributed by atoms with Crippen LogP contribution >= 0.6 is 0 Å². The Bertz CT molecular complexity index is 836. The Morgan fingerprint density at radius 3 is 2.54 bits per heavy atom. The van der Waals surface area contributed by atoms with Gasteiger partial charge >= 0.3 is 0 Å². The highest BCUT2D eigenvalue weighted by Crippen LogP contribution is 2.22. The van der Waals surface area contributed by atoms with Gasteiger partial charge in [0.1, 0.15) is 11.6 Å². The number of hydrogen-bond donors (Lipinski definition) is 3. The highest BCUT2D eigenvalue weighted by molar-refractivity contribution is 5.73. The summed E-state index contributed by atoms with van der Waals surface area (Å²) in [6.45, 7) is 4.09. The number of fused-ring (bicyclic) bond motifs is 1. The molecule has 0 aliphatic carbocycles. The third-order valence-electron chi connectivity index (χ3n) is 5.26. The zero-order valence-electron chi connectivity index (χ0n) is 16.1. The maximum absolute atomic E-state index is 13.5. The lowest BCUT2D eigenvalue weighted by Crippen LogP contribution is -2.55. The molecule has 0 spiro atoms. The molecule has 2 aromatic rings. The molecule has 0 aromatic heterocycles. The van der Waals surface area contributed by atoms with Crippen LogP contribution in [-0.2, 0) is 30.6 Å². The standard InChI is InChI=1S/C22H26F2N2O2/c1-3-14-4-5-16-12-25-20(10-17(16)6-14)22(28)21(26-13(2)27)9-15-7-18(23)11-19(24)8-15/h4-8,11,20-22,25,28H,3,9-10,12H2,1-2H3,(H,26,27). The van der Waals surface area contributed by atoms with Crippen molar-refractivity contribution in [2.75, 3.05) is 0 Å². The molecule has 3 N–H and O–H groups in total. The molecule has 1 aliphatic rings. The molecule has 1 aliphatic heterocycles. The lowest BCUT2D eigenvalue weighted by molar-refractivity contribution is -0.120. The summed E-state index contributed by atoms with van der Waals surface area (Å²) in [4.78, 5) is 11.7. The maximum atomic E-state index is 13.5. The van der Waals surface area contributed by atoms with E-state index in [1.165, 1.54) is 35.7 Å². The van der Waals surface area contributed by atoms with Crippen molar-refractivity contribution in [1.29, 1.82) is 0 Å². The molecule has 2 aromatic carbocycles. The van der Waals surface area contributed by atoms with Crippen LogP contribution < -0.4 is 10.6 Å². The minimum Gasteiger partial charge on any atom is -0.389 e. The number of rotatable bonds is 6. The van der Waals surface area contributed by atoms with Crippen molar-refractivity contribution in [1.82, 2.24) is 10.6 Å². The molecule has 0 fully saturated rings. The second kappa shape index (κ2) is 8.80. The van der Waals surface area contributed by atoms with E-state index in [1.54, 1.807) is 0 Å². The lowest BCUT2D eigenvalue weighted by Gasteiger charge is -2.34. The largest absolute Gasteiger partial charge is 0.389 e.